The fraction of sp³-hybridized carbons (Fsp3) is 0.526. The van der Waals surface area contributed by atoms with Crippen LogP contribution in [0.15, 0.2) is 24.3 Å². The van der Waals surface area contributed by atoms with Gasteiger partial charge in [0.15, 0.2) is 0 Å². The second kappa shape index (κ2) is 8.65. The number of rotatable bonds is 7. The van der Waals surface area contributed by atoms with E-state index in [1.807, 2.05) is 4.90 Å². The molecule has 0 bridgehead atoms. The van der Waals surface area contributed by atoms with Gasteiger partial charge in [-0.1, -0.05) is 13.8 Å². The van der Waals surface area contributed by atoms with Gasteiger partial charge in [0.2, 0.25) is 17.7 Å². The third-order valence-electron chi connectivity index (χ3n) is 4.27. The average Bonchev–Trinajstić information content (AvgIpc) is 2.96. The zero-order valence-electron chi connectivity index (χ0n) is 15.2. The van der Waals surface area contributed by atoms with E-state index in [4.69, 9.17) is 0 Å². The molecule has 6 heteroatoms. The lowest BCUT2D eigenvalue weighted by Gasteiger charge is -2.24. The van der Waals surface area contributed by atoms with Crippen molar-refractivity contribution in [2.45, 2.75) is 40.0 Å². The molecule has 136 valence electrons. The molecule has 0 aromatic heterocycles. The minimum Gasteiger partial charge on any atom is -0.342 e. The summed E-state index contributed by atoms with van der Waals surface area (Å²) in [4.78, 5) is 39.7. The number of nitrogens with one attached hydrogen (secondary N) is 1. The predicted octanol–water partition coefficient (Wildman–Crippen LogP) is 2.65. The van der Waals surface area contributed by atoms with Crippen molar-refractivity contribution in [2.75, 3.05) is 29.9 Å². The van der Waals surface area contributed by atoms with E-state index in [1.165, 1.54) is 6.92 Å². The molecule has 1 aliphatic heterocycles. The molecule has 6 nitrogen and oxygen atoms in total. The summed E-state index contributed by atoms with van der Waals surface area (Å²) in [5.41, 5.74) is 1.44. The molecule has 0 saturated carbocycles. The third kappa shape index (κ3) is 4.81. The Hall–Kier alpha value is -2.37. The van der Waals surface area contributed by atoms with Crippen LogP contribution in [-0.2, 0) is 14.4 Å². The molecule has 0 spiro atoms. The van der Waals surface area contributed by atoms with Gasteiger partial charge in [0.25, 0.3) is 0 Å². The molecule has 1 atom stereocenters. The van der Waals surface area contributed by atoms with Gasteiger partial charge in [-0.2, -0.15) is 0 Å². The van der Waals surface area contributed by atoms with Crippen LogP contribution in [-0.4, -0.2) is 42.3 Å². The summed E-state index contributed by atoms with van der Waals surface area (Å²) >= 11 is 0. The lowest BCUT2D eigenvalue weighted by Crippen LogP contribution is -2.38. The molecule has 1 saturated heterocycles. The summed E-state index contributed by atoms with van der Waals surface area (Å²) in [7, 11) is 0. The molecular weight excluding hydrogens is 318 g/mol. The van der Waals surface area contributed by atoms with E-state index in [1.54, 1.807) is 29.2 Å². The molecule has 0 radical (unpaired) electrons. The van der Waals surface area contributed by atoms with Crippen molar-refractivity contribution in [2.24, 2.45) is 5.92 Å². The van der Waals surface area contributed by atoms with Crippen LogP contribution >= 0.6 is 0 Å². The topological polar surface area (TPSA) is 69.7 Å². The summed E-state index contributed by atoms with van der Waals surface area (Å²) in [5.74, 6) is -0.365. The van der Waals surface area contributed by atoms with Gasteiger partial charge in [0.1, 0.15) is 0 Å². The molecule has 3 amide bonds. The molecule has 25 heavy (non-hydrogen) atoms. The SMILES string of the molecule is CCCN(CCC)C(=O)[C@@H]1CC(=O)N(c2ccc(NC(C)=O)cc2)C1. The van der Waals surface area contributed by atoms with Gasteiger partial charge in [-0.25, -0.2) is 0 Å². The van der Waals surface area contributed by atoms with Gasteiger partial charge in [0.05, 0.1) is 5.92 Å². The zero-order chi connectivity index (χ0) is 18.4. The Morgan fingerprint density at radius 1 is 1.16 bits per heavy atom. The van der Waals surface area contributed by atoms with E-state index in [2.05, 4.69) is 19.2 Å². The van der Waals surface area contributed by atoms with Crippen LogP contribution in [0.25, 0.3) is 0 Å². The molecule has 1 fully saturated rings. The van der Waals surface area contributed by atoms with Crippen molar-refractivity contribution in [3.05, 3.63) is 24.3 Å². The first-order valence-electron chi connectivity index (χ1n) is 8.93. The Kier molecular flexibility index (Phi) is 6.56. The number of hydrogen-bond acceptors (Lipinski definition) is 3. The Labute approximate surface area is 149 Å². The first-order chi connectivity index (χ1) is 12.0. The summed E-state index contributed by atoms with van der Waals surface area (Å²) < 4.78 is 0. The molecule has 1 aliphatic rings. The van der Waals surface area contributed by atoms with E-state index in [-0.39, 0.29) is 30.1 Å². The smallest absolute Gasteiger partial charge is 0.228 e. The van der Waals surface area contributed by atoms with Crippen molar-refractivity contribution < 1.29 is 14.4 Å². The van der Waals surface area contributed by atoms with E-state index in [0.29, 0.717) is 12.2 Å². The van der Waals surface area contributed by atoms with Crippen LogP contribution in [0.1, 0.15) is 40.0 Å². The summed E-state index contributed by atoms with van der Waals surface area (Å²) in [6.45, 7) is 7.45. The highest BCUT2D eigenvalue weighted by Gasteiger charge is 2.36. The number of benzene rings is 1. The maximum Gasteiger partial charge on any atom is 0.228 e. The number of carbonyl (C=O) groups excluding carboxylic acids is 3. The van der Waals surface area contributed by atoms with Crippen LogP contribution in [0.2, 0.25) is 0 Å². The second-order valence-electron chi connectivity index (χ2n) is 6.46. The number of anilines is 2. The number of carbonyl (C=O) groups is 3. The maximum atomic E-state index is 12.7. The summed E-state index contributed by atoms with van der Waals surface area (Å²) in [5, 5.41) is 2.70. The quantitative estimate of drug-likeness (QED) is 0.826. The largest absolute Gasteiger partial charge is 0.342 e. The fourth-order valence-electron chi connectivity index (χ4n) is 3.18. The standard InChI is InChI=1S/C19H27N3O3/c1-4-10-21(11-5-2)19(25)15-12-18(24)22(13-15)17-8-6-16(7-9-17)20-14(3)23/h6-9,15H,4-5,10-13H2,1-3H3,(H,20,23)/t15-/m1/s1. The molecule has 1 aromatic rings. The molecule has 0 aliphatic carbocycles. The van der Waals surface area contributed by atoms with Crippen LogP contribution in [0.5, 0.6) is 0 Å². The number of amides is 3. The first kappa shape index (κ1) is 19.0. The molecular formula is C19H27N3O3. The van der Waals surface area contributed by atoms with Crippen LogP contribution in [0.3, 0.4) is 0 Å². The maximum absolute atomic E-state index is 12.7. The van der Waals surface area contributed by atoms with Gasteiger partial charge in [0, 0.05) is 44.4 Å². The predicted molar refractivity (Wildman–Crippen MR) is 98.4 cm³/mol. The van der Waals surface area contributed by atoms with Crippen LogP contribution in [0, 0.1) is 5.92 Å². The Morgan fingerprint density at radius 2 is 1.76 bits per heavy atom. The van der Waals surface area contributed by atoms with Crippen molar-refractivity contribution in [1.82, 2.24) is 4.90 Å². The van der Waals surface area contributed by atoms with Gasteiger partial charge < -0.3 is 15.1 Å². The van der Waals surface area contributed by atoms with E-state index < -0.39 is 0 Å². The monoisotopic (exact) mass is 345 g/mol. The molecule has 1 heterocycles. The lowest BCUT2D eigenvalue weighted by molar-refractivity contribution is -0.135. The minimum absolute atomic E-state index is 0.0291. The molecule has 2 rings (SSSR count). The van der Waals surface area contributed by atoms with Crippen molar-refractivity contribution in [3.63, 3.8) is 0 Å². The number of nitrogens with zero attached hydrogens (tertiary/aromatic N) is 2. The van der Waals surface area contributed by atoms with E-state index >= 15 is 0 Å². The Balaban J connectivity index is 2.06. The normalized spacial score (nSPS) is 16.8. The fourth-order valence-corrected chi connectivity index (χ4v) is 3.18. The second-order valence-corrected chi connectivity index (χ2v) is 6.46. The highest BCUT2D eigenvalue weighted by molar-refractivity contribution is 6.00. The van der Waals surface area contributed by atoms with Gasteiger partial charge in [-0.3, -0.25) is 14.4 Å². The summed E-state index contributed by atoms with van der Waals surface area (Å²) in [6, 6.07) is 7.12. The first-order valence-corrected chi connectivity index (χ1v) is 8.93. The van der Waals surface area contributed by atoms with Gasteiger partial charge in [-0.15, -0.1) is 0 Å². The third-order valence-corrected chi connectivity index (χ3v) is 4.27. The Bertz CT molecular complexity index is 621. The van der Waals surface area contributed by atoms with Crippen LogP contribution in [0.4, 0.5) is 11.4 Å². The number of hydrogen-bond donors (Lipinski definition) is 1. The summed E-state index contributed by atoms with van der Waals surface area (Å²) in [6.07, 6.45) is 2.09. The lowest BCUT2D eigenvalue weighted by atomic mass is 10.1. The minimum atomic E-state index is -0.277. The molecule has 1 aromatic carbocycles. The highest BCUT2D eigenvalue weighted by Crippen LogP contribution is 2.27. The van der Waals surface area contributed by atoms with Crippen molar-refractivity contribution in [3.8, 4) is 0 Å². The van der Waals surface area contributed by atoms with E-state index in [0.717, 1.165) is 31.6 Å². The molecule has 1 N–H and O–H groups in total. The van der Waals surface area contributed by atoms with Gasteiger partial charge in [-0.05, 0) is 37.1 Å². The Morgan fingerprint density at radius 3 is 2.28 bits per heavy atom. The van der Waals surface area contributed by atoms with Crippen molar-refractivity contribution >= 4 is 29.1 Å². The zero-order valence-corrected chi connectivity index (χ0v) is 15.2. The van der Waals surface area contributed by atoms with Crippen LogP contribution < -0.4 is 10.2 Å². The van der Waals surface area contributed by atoms with Crippen molar-refractivity contribution in [1.29, 1.82) is 0 Å². The molecule has 0 unspecified atom stereocenters. The van der Waals surface area contributed by atoms with Gasteiger partial charge >= 0.3 is 0 Å². The average molecular weight is 345 g/mol. The van der Waals surface area contributed by atoms with E-state index in [9.17, 15) is 14.4 Å². The highest BCUT2D eigenvalue weighted by atomic mass is 16.2.